The van der Waals surface area contributed by atoms with E-state index in [9.17, 15) is 4.79 Å². The highest BCUT2D eigenvalue weighted by Crippen LogP contribution is 2.20. The lowest BCUT2D eigenvalue weighted by molar-refractivity contribution is -0.124. The largest absolute Gasteiger partial charge is 0.368 e. The molecule has 3 rings (SSSR count). The molecule has 21 heavy (non-hydrogen) atoms. The highest BCUT2D eigenvalue weighted by atomic mass is 16.5. The molecule has 2 heterocycles. The quantitative estimate of drug-likeness (QED) is 0.908. The van der Waals surface area contributed by atoms with Gasteiger partial charge in [0.15, 0.2) is 0 Å². The van der Waals surface area contributed by atoms with Crippen molar-refractivity contribution in [2.75, 3.05) is 11.9 Å². The molecule has 1 aliphatic rings. The molecule has 0 radical (unpaired) electrons. The van der Waals surface area contributed by atoms with Crippen molar-refractivity contribution in [1.82, 2.24) is 9.97 Å². The summed E-state index contributed by atoms with van der Waals surface area (Å²) in [4.78, 5) is 19.9. The summed E-state index contributed by atoms with van der Waals surface area (Å²) in [6, 6.07) is 5.75. The molecule has 1 atom stereocenters. The van der Waals surface area contributed by atoms with Gasteiger partial charge in [0.2, 0.25) is 0 Å². The Balaban J connectivity index is 1.75. The van der Waals surface area contributed by atoms with Crippen molar-refractivity contribution in [2.45, 2.75) is 39.2 Å². The molecule has 1 aromatic heterocycles. The average molecular weight is 287 g/mol. The third-order valence-corrected chi connectivity index (χ3v) is 3.62. The van der Waals surface area contributed by atoms with Crippen LogP contribution in [-0.2, 0) is 16.0 Å². The van der Waals surface area contributed by atoms with Gasteiger partial charge >= 0.3 is 0 Å². The van der Waals surface area contributed by atoms with Crippen LogP contribution in [0.15, 0.2) is 18.2 Å². The SMILES string of the molecule is CC(C)Cc1nc2ccc(NC(=O)C3CCCO3)cc2[nH]1. The van der Waals surface area contributed by atoms with Gasteiger partial charge in [0.05, 0.1) is 11.0 Å². The zero-order valence-corrected chi connectivity index (χ0v) is 12.5. The highest BCUT2D eigenvalue weighted by molar-refractivity contribution is 5.96. The Hall–Kier alpha value is -1.88. The van der Waals surface area contributed by atoms with Crippen molar-refractivity contribution in [2.24, 2.45) is 5.92 Å². The zero-order valence-electron chi connectivity index (χ0n) is 12.5. The maximum absolute atomic E-state index is 12.0. The lowest BCUT2D eigenvalue weighted by atomic mass is 10.1. The number of carbonyl (C=O) groups is 1. The number of hydrogen-bond donors (Lipinski definition) is 2. The van der Waals surface area contributed by atoms with E-state index in [1.807, 2.05) is 18.2 Å². The topological polar surface area (TPSA) is 67.0 Å². The fourth-order valence-electron chi connectivity index (χ4n) is 2.63. The average Bonchev–Trinajstić information content (AvgIpc) is 3.05. The summed E-state index contributed by atoms with van der Waals surface area (Å²) in [7, 11) is 0. The Morgan fingerprint density at radius 1 is 1.52 bits per heavy atom. The van der Waals surface area contributed by atoms with Crippen molar-refractivity contribution in [3.05, 3.63) is 24.0 Å². The monoisotopic (exact) mass is 287 g/mol. The maximum Gasteiger partial charge on any atom is 0.253 e. The summed E-state index contributed by atoms with van der Waals surface area (Å²) in [6.45, 7) is 5.01. The Morgan fingerprint density at radius 3 is 3.10 bits per heavy atom. The standard InChI is InChI=1S/C16H21N3O2/c1-10(2)8-15-18-12-6-5-11(9-13(12)19-15)17-16(20)14-4-3-7-21-14/h5-6,9-10,14H,3-4,7-8H2,1-2H3,(H,17,20)(H,18,19). The minimum absolute atomic E-state index is 0.0613. The second-order valence-corrected chi connectivity index (χ2v) is 6.00. The predicted octanol–water partition coefficient (Wildman–Crippen LogP) is 2.88. The minimum Gasteiger partial charge on any atom is -0.368 e. The van der Waals surface area contributed by atoms with Crippen LogP contribution in [0.2, 0.25) is 0 Å². The normalized spacial score (nSPS) is 18.5. The summed E-state index contributed by atoms with van der Waals surface area (Å²) in [5, 5.41) is 2.91. The van der Waals surface area contributed by atoms with Crippen molar-refractivity contribution in [3.8, 4) is 0 Å². The van der Waals surface area contributed by atoms with E-state index in [1.54, 1.807) is 0 Å². The van der Waals surface area contributed by atoms with Gasteiger partial charge in [0, 0.05) is 18.7 Å². The molecule has 1 aliphatic heterocycles. The van der Waals surface area contributed by atoms with Gasteiger partial charge in [-0.15, -0.1) is 0 Å². The van der Waals surface area contributed by atoms with Gasteiger partial charge in [-0.3, -0.25) is 4.79 Å². The van der Waals surface area contributed by atoms with Crippen LogP contribution in [0.4, 0.5) is 5.69 Å². The van der Waals surface area contributed by atoms with E-state index in [2.05, 4.69) is 29.1 Å². The molecule has 2 N–H and O–H groups in total. The van der Waals surface area contributed by atoms with E-state index in [-0.39, 0.29) is 12.0 Å². The van der Waals surface area contributed by atoms with Gasteiger partial charge in [-0.1, -0.05) is 13.8 Å². The van der Waals surface area contributed by atoms with Crippen LogP contribution in [0.25, 0.3) is 11.0 Å². The summed E-state index contributed by atoms with van der Waals surface area (Å²) in [5.41, 5.74) is 2.67. The van der Waals surface area contributed by atoms with Crippen LogP contribution in [0.1, 0.15) is 32.5 Å². The summed E-state index contributed by atoms with van der Waals surface area (Å²) in [5.74, 6) is 1.49. The number of benzene rings is 1. The van der Waals surface area contributed by atoms with Crippen LogP contribution in [-0.4, -0.2) is 28.6 Å². The van der Waals surface area contributed by atoms with Crippen molar-refractivity contribution in [3.63, 3.8) is 0 Å². The predicted molar refractivity (Wildman–Crippen MR) is 82.2 cm³/mol. The first-order valence-electron chi connectivity index (χ1n) is 7.53. The number of fused-ring (bicyclic) bond motifs is 1. The number of aromatic nitrogens is 2. The smallest absolute Gasteiger partial charge is 0.253 e. The Morgan fingerprint density at radius 2 is 2.38 bits per heavy atom. The number of carbonyl (C=O) groups excluding carboxylic acids is 1. The van der Waals surface area contributed by atoms with Gasteiger partial charge in [0.25, 0.3) is 5.91 Å². The van der Waals surface area contributed by atoms with Gasteiger partial charge in [-0.05, 0) is 37.0 Å². The number of H-pyrrole nitrogens is 1. The van der Waals surface area contributed by atoms with Gasteiger partial charge in [-0.25, -0.2) is 4.98 Å². The number of rotatable bonds is 4. The number of hydrogen-bond acceptors (Lipinski definition) is 3. The third kappa shape index (κ3) is 3.24. The van der Waals surface area contributed by atoms with Crippen LogP contribution in [0.3, 0.4) is 0 Å². The molecule has 1 fully saturated rings. The number of nitrogens with zero attached hydrogens (tertiary/aromatic N) is 1. The number of anilines is 1. The van der Waals surface area contributed by atoms with Gasteiger partial charge in [0.1, 0.15) is 11.9 Å². The molecule has 0 bridgehead atoms. The van der Waals surface area contributed by atoms with Crippen molar-refractivity contribution in [1.29, 1.82) is 0 Å². The molecule has 2 aromatic rings. The zero-order chi connectivity index (χ0) is 14.8. The fourth-order valence-corrected chi connectivity index (χ4v) is 2.63. The van der Waals surface area contributed by atoms with Crippen molar-refractivity contribution < 1.29 is 9.53 Å². The number of nitrogens with one attached hydrogen (secondary N) is 2. The van der Waals surface area contributed by atoms with Crippen molar-refractivity contribution >= 4 is 22.6 Å². The molecule has 5 nitrogen and oxygen atoms in total. The van der Waals surface area contributed by atoms with Gasteiger partial charge < -0.3 is 15.0 Å². The lowest BCUT2D eigenvalue weighted by Gasteiger charge is -2.10. The summed E-state index contributed by atoms with van der Waals surface area (Å²) < 4.78 is 5.39. The molecule has 0 aliphatic carbocycles. The highest BCUT2D eigenvalue weighted by Gasteiger charge is 2.23. The number of ether oxygens (including phenoxy) is 1. The molecule has 0 spiro atoms. The molecular weight excluding hydrogens is 266 g/mol. The number of amides is 1. The first kappa shape index (κ1) is 14.1. The Bertz CT molecular complexity index is 642. The third-order valence-electron chi connectivity index (χ3n) is 3.62. The number of imidazole rings is 1. The lowest BCUT2D eigenvalue weighted by Crippen LogP contribution is -2.26. The Kier molecular flexibility index (Phi) is 3.92. The second-order valence-electron chi connectivity index (χ2n) is 6.00. The van der Waals surface area contributed by atoms with Crippen LogP contribution < -0.4 is 5.32 Å². The van der Waals surface area contributed by atoms with E-state index in [0.717, 1.165) is 41.8 Å². The minimum atomic E-state index is -0.307. The number of aromatic amines is 1. The molecule has 0 saturated carbocycles. The first-order chi connectivity index (χ1) is 10.1. The molecule has 1 aromatic carbocycles. The van der Waals surface area contributed by atoms with Crippen LogP contribution >= 0.6 is 0 Å². The van der Waals surface area contributed by atoms with E-state index < -0.39 is 0 Å². The fraction of sp³-hybridized carbons (Fsp3) is 0.500. The summed E-state index contributed by atoms with van der Waals surface area (Å²) >= 11 is 0. The maximum atomic E-state index is 12.0. The molecule has 1 amide bonds. The van der Waals surface area contributed by atoms with Crippen LogP contribution in [0, 0.1) is 5.92 Å². The Labute approximate surface area is 124 Å². The first-order valence-corrected chi connectivity index (χ1v) is 7.53. The molecule has 112 valence electrons. The molecule has 1 unspecified atom stereocenters. The molecule has 1 saturated heterocycles. The van der Waals surface area contributed by atoms with E-state index in [0.29, 0.717) is 12.5 Å². The second kappa shape index (κ2) is 5.85. The molecule has 5 heteroatoms. The van der Waals surface area contributed by atoms with Gasteiger partial charge in [-0.2, -0.15) is 0 Å². The van der Waals surface area contributed by atoms with E-state index in [1.165, 1.54) is 0 Å². The van der Waals surface area contributed by atoms with E-state index in [4.69, 9.17) is 4.74 Å². The summed E-state index contributed by atoms with van der Waals surface area (Å²) in [6.07, 6.45) is 2.37. The molecular formula is C16H21N3O2. The van der Waals surface area contributed by atoms with E-state index >= 15 is 0 Å². The van der Waals surface area contributed by atoms with Crippen LogP contribution in [0.5, 0.6) is 0 Å².